The van der Waals surface area contributed by atoms with Crippen LogP contribution in [0.5, 0.6) is 0 Å². The molecule has 0 radical (unpaired) electrons. The first-order valence-corrected chi connectivity index (χ1v) is 31.5. The number of hydrogen-bond donors (Lipinski definition) is 14. The first kappa shape index (κ1) is 71.1. The molecule has 90 heavy (non-hydrogen) atoms. The van der Waals surface area contributed by atoms with E-state index in [1.807, 2.05) is 34.6 Å². The predicted molar refractivity (Wildman–Crippen MR) is 308 cm³/mol. The van der Waals surface area contributed by atoms with Crippen LogP contribution in [0.1, 0.15) is 122 Å². The second kappa shape index (κ2) is 26.1. The third-order valence-corrected chi connectivity index (χ3v) is 23.4. The van der Waals surface area contributed by atoms with Crippen molar-refractivity contribution in [3.05, 3.63) is 34.9 Å². The van der Waals surface area contributed by atoms with E-state index < -0.39 is 223 Å². The molecule has 4 aliphatic heterocycles. The molecule has 8 fully saturated rings. The van der Waals surface area contributed by atoms with Gasteiger partial charge >= 0.3 is 17.9 Å². The third kappa shape index (κ3) is 11.4. The molecule has 0 amide bonds. The van der Waals surface area contributed by atoms with Gasteiger partial charge < -0.3 is 119 Å². The van der Waals surface area contributed by atoms with Crippen molar-refractivity contribution in [2.24, 2.45) is 50.2 Å². The number of aliphatic carboxylic acids is 1. The number of hydrogen-bond acceptors (Lipinski definition) is 26. The predicted octanol–water partition coefficient (Wildman–Crippen LogP) is -0.885. The highest BCUT2D eigenvalue weighted by Crippen LogP contribution is 2.76. The molecule has 0 aromatic carbocycles. The number of esters is 2. The van der Waals surface area contributed by atoms with E-state index in [2.05, 4.69) is 19.9 Å². The van der Waals surface area contributed by atoms with E-state index in [1.165, 1.54) is 19.9 Å². The quantitative estimate of drug-likeness (QED) is 0.0386. The summed E-state index contributed by atoms with van der Waals surface area (Å²) in [6.07, 6.45) is -33.1. The molecule has 4 saturated carbocycles. The lowest BCUT2D eigenvalue weighted by atomic mass is 9.32. The highest BCUT2D eigenvalue weighted by Gasteiger charge is 2.76. The maximum atomic E-state index is 13.9. The number of ether oxygens (including phenoxy) is 10. The van der Waals surface area contributed by atoms with Gasteiger partial charge in [-0.3, -0.25) is 0 Å². The number of carbonyl (C=O) groups is 3. The lowest BCUT2D eigenvalue weighted by Crippen LogP contribution is -2.77. The average Bonchev–Trinajstić information content (AvgIpc) is 0.711. The molecule has 9 rings (SSSR count). The number of aliphatic hydroxyl groups excluding tert-OH is 13. The van der Waals surface area contributed by atoms with E-state index in [9.17, 15) is 85.9 Å². The number of allylic oxidation sites excluding steroid dienone is 3. The molecule has 0 bridgehead atoms. The zero-order valence-electron chi connectivity index (χ0n) is 53.3. The number of carboxylic acid groups (broad SMARTS) is 1. The van der Waals surface area contributed by atoms with E-state index in [0.717, 1.165) is 5.57 Å². The van der Waals surface area contributed by atoms with Gasteiger partial charge in [0, 0.05) is 22.0 Å². The van der Waals surface area contributed by atoms with Crippen LogP contribution in [0.3, 0.4) is 0 Å². The summed E-state index contributed by atoms with van der Waals surface area (Å²) in [5, 5.41) is 159. The van der Waals surface area contributed by atoms with E-state index >= 15 is 0 Å². The Balaban J connectivity index is 1.05. The van der Waals surface area contributed by atoms with Gasteiger partial charge in [-0.05, 0) is 107 Å². The maximum Gasteiger partial charge on any atom is 0.335 e. The Bertz CT molecular complexity index is 2700. The van der Waals surface area contributed by atoms with Crippen LogP contribution in [0.15, 0.2) is 34.9 Å². The molecule has 3 unspecified atom stereocenters. The molecule has 5 aliphatic carbocycles. The molecule has 9 aliphatic rings. The maximum absolute atomic E-state index is 13.9. The number of carboxylic acids is 1. The second-order valence-electron chi connectivity index (χ2n) is 28.8. The van der Waals surface area contributed by atoms with Crippen molar-refractivity contribution in [2.45, 2.75) is 269 Å². The molecule has 0 spiro atoms. The lowest BCUT2D eigenvalue weighted by molar-refractivity contribution is -0.386. The van der Waals surface area contributed by atoms with Crippen LogP contribution in [0, 0.1) is 50.2 Å². The minimum Gasteiger partial charge on any atom is -0.479 e. The summed E-state index contributed by atoms with van der Waals surface area (Å²) in [6.45, 7) is 19.4. The van der Waals surface area contributed by atoms with Crippen molar-refractivity contribution in [3.8, 4) is 0 Å². The monoisotopic (exact) mass is 1290 g/mol. The fourth-order valence-electron chi connectivity index (χ4n) is 17.7. The summed E-state index contributed by atoms with van der Waals surface area (Å²) in [5.41, 5.74) is -5.09. The molecule has 0 aromatic heterocycles. The van der Waals surface area contributed by atoms with E-state index in [4.69, 9.17) is 47.4 Å². The highest BCUT2D eigenvalue weighted by molar-refractivity contribution is 5.88. The molecular weight excluding hydrogens is 1190 g/mol. The zero-order valence-corrected chi connectivity index (χ0v) is 53.3. The third-order valence-electron chi connectivity index (χ3n) is 23.4. The number of fused-ring (bicyclic) bond motifs is 7. The van der Waals surface area contributed by atoms with Gasteiger partial charge in [0.15, 0.2) is 37.4 Å². The standard InChI is InChI=1S/C63H98O27/c1-13-25(3)52(79)85-43-27(5)81-54(41(73)38(43)70)90-50-49(89-53(80)26(4)14-2)58(6,7)21-29-28-15-16-33-60(10)19-18-34(59(8,9)32(60)17-20-61(33,11)62(28,12)47(75)48(76)63(29,50)24-66)84-57-46(88-56-40(72)37(69)35(67)30(22-64)82-56)44(42(74)45(87-57)51(77)78)86-55-39(71)36(68)31(23-65)83-55/h13-15,27,29-50,54-57,64-76H,16-24H2,1-12H3,(H,77,78)/b25-13-,26-14-/t27-,29?,30+,31+,32?,33?,34-,35-,36+,37-,38-,39-,40+,41-,42-,43-,44-,45-,46+,47+,48-,49-,50+,54+,55+,56-,57-,60-,61+,62-,63-/m0/s1. The molecular formula is C63H98O27. The topological polar surface area (TPSA) is 427 Å². The van der Waals surface area contributed by atoms with Crippen LogP contribution in [0.4, 0.5) is 0 Å². The van der Waals surface area contributed by atoms with Gasteiger partial charge in [-0.25, -0.2) is 14.4 Å². The van der Waals surface area contributed by atoms with Crippen LogP contribution in [0.25, 0.3) is 0 Å². The van der Waals surface area contributed by atoms with Gasteiger partial charge in [0.05, 0.1) is 49.7 Å². The van der Waals surface area contributed by atoms with Gasteiger partial charge in [0.25, 0.3) is 0 Å². The van der Waals surface area contributed by atoms with Crippen LogP contribution < -0.4 is 0 Å². The summed E-state index contributed by atoms with van der Waals surface area (Å²) < 4.78 is 61.6. The van der Waals surface area contributed by atoms with Gasteiger partial charge in [0.2, 0.25) is 0 Å². The lowest BCUT2D eigenvalue weighted by Gasteiger charge is -2.73. The highest BCUT2D eigenvalue weighted by atomic mass is 16.8. The van der Waals surface area contributed by atoms with Crippen molar-refractivity contribution < 1.29 is 133 Å². The summed E-state index contributed by atoms with van der Waals surface area (Å²) in [7, 11) is 0. The van der Waals surface area contributed by atoms with Gasteiger partial charge in [-0.2, -0.15) is 0 Å². The minimum atomic E-state index is -2.15. The molecule has 14 N–H and O–H groups in total. The molecule has 27 heteroatoms. The molecule has 512 valence electrons. The fourth-order valence-corrected chi connectivity index (χ4v) is 17.7. The number of carbonyl (C=O) groups excluding carboxylic acids is 2. The molecule has 27 nitrogen and oxygen atoms in total. The Labute approximate surface area is 523 Å². The Kier molecular flexibility index (Phi) is 20.6. The van der Waals surface area contributed by atoms with Crippen LogP contribution >= 0.6 is 0 Å². The van der Waals surface area contributed by atoms with Gasteiger partial charge in [-0.15, -0.1) is 0 Å². The second-order valence-corrected chi connectivity index (χ2v) is 28.8. The first-order valence-electron chi connectivity index (χ1n) is 31.5. The fraction of sp³-hybridized carbons (Fsp3) is 0.857. The summed E-state index contributed by atoms with van der Waals surface area (Å²) in [6, 6.07) is 0. The van der Waals surface area contributed by atoms with Crippen LogP contribution in [-0.4, -0.2) is 256 Å². The van der Waals surface area contributed by atoms with Crippen LogP contribution in [0.2, 0.25) is 0 Å². The SMILES string of the molecule is C/C=C(/C)C(=O)O[C@@H]1[C@@H](O)[C@H](O)[C@@H](O[C@@H]2[C@H](OC(=O)/C(C)=C\C)C(C)(C)CC3C4=CCC5[C@@]6(C)CC[C@H](O[C@H]7O[C@H](C(=O)O)[C@@H](O)[C@H](O[C@H]8O[C@H](CO)[C@@H](O)[C@@H]8O)[C@H]7O[C@@H]7O[C@H](CO)[C@H](O)[C@H](O)[C@H]7O)C(C)(C)C6CC[C@@]5(C)[C@]4(C)[C@H](O)[C@H](O)[C@]32CO)O[C@H]1C. The van der Waals surface area contributed by atoms with E-state index in [0.29, 0.717) is 25.7 Å². The Morgan fingerprint density at radius 3 is 1.70 bits per heavy atom. The van der Waals surface area contributed by atoms with Crippen molar-refractivity contribution in [1.29, 1.82) is 0 Å². The van der Waals surface area contributed by atoms with E-state index in [1.54, 1.807) is 26.8 Å². The number of rotatable bonds is 16. The summed E-state index contributed by atoms with van der Waals surface area (Å²) >= 11 is 0. The minimum absolute atomic E-state index is 0.197. The van der Waals surface area contributed by atoms with Crippen molar-refractivity contribution >= 4 is 17.9 Å². The van der Waals surface area contributed by atoms with Crippen molar-refractivity contribution in [1.82, 2.24) is 0 Å². The number of aliphatic hydroxyl groups is 13. The van der Waals surface area contributed by atoms with Crippen LogP contribution in [-0.2, 0) is 61.8 Å². The van der Waals surface area contributed by atoms with E-state index in [-0.39, 0.29) is 35.8 Å². The summed E-state index contributed by atoms with van der Waals surface area (Å²) in [4.78, 5) is 39.8. The molecule has 4 saturated heterocycles. The van der Waals surface area contributed by atoms with Gasteiger partial charge in [0.1, 0.15) is 85.5 Å². The zero-order chi connectivity index (χ0) is 66.6. The smallest absolute Gasteiger partial charge is 0.335 e. The first-order chi connectivity index (χ1) is 42.0. The Morgan fingerprint density at radius 2 is 1.13 bits per heavy atom. The van der Waals surface area contributed by atoms with Crippen molar-refractivity contribution in [2.75, 3.05) is 19.8 Å². The molecule has 4 heterocycles. The largest absolute Gasteiger partial charge is 0.479 e. The summed E-state index contributed by atoms with van der Waals surface area (Å²) in [5.74, 6) is -4.36. The Morgan fingerprint density at radius 1 is 0.589 bits per heavy atom. The van der Waals surface area contributed by atoms with Crippen molar-refractivity contribution in [3.63, 3.8) is 0 Å². The van der Waals surface area contributed by atoms with Gasteiger partial charge in [-0.1, -0.05) is 72.3 Å². The molecule has 0 aromatic rings. The normalized spacial score (nSPS) is 50.1. The molecule has 31 atom stereocenters. The Hall–Kier alpha value is -3.21. The average molecular weight is 1290 g/mol.